The molecule has 2 N–H and O–H groups in total. The first-order chi connectivity index (χ1) is 8.12. The number of rotatable bonds is 2. The normalized spacial score (nSPS) is 9.41. The minimum absolute atomic E-state index is 0.163. The molecule has 17 heavy (non-hydrogen) atoms. The second-order valence-electron chi connectivity index (χ2n) is 3.07. The second kappa shape index (κ2) is 8.53. The predicted molar refractivity (Wildman–Crippen MR) is 74.0 cm³/mol. The Balaban J connectivity index is 0.000000770. The lowest BCUT2D eigenvalue weighted by atomic mass is 10.1. The highest BCUT2D eigenvalue weighted by atomic mass is 35.5. The van der Waals surface area contributed by atoms with Gasteiger partial charge in [0.15, 0.2) is 0 Å². The van der Waals surface area contributed by atoms with Gasteiger partial charge in [-0.05, 0) is 31.7 Å². The van der Waals surface area contributed by atoms with Crippen molar-refractivity contribution in [3.63, 3.8) is 0 Å². The van der Waals surface area contributed by atoms with E-state index in [-0.39, 0.29) is 5.91 Å². The Morgan fingerprint density at radius 3 is 2.47 bits per heavy atom. The van der Waals surface area contributed by atoms with Gasteiger partial charge in [-0.3, -0.25) is 4.79 Å². The van der Waals surface area contributed by atoms with Crippen molar-refractivity contribution in [3.05, 3.63) is 40.4 Å². The molecule has 0 aliphatic heterocycles. The van der Waals surface area contributed by atoms with Gasteiger partial charge < -0.3 is 10.7 Å². The van der Waals surface area contributed by atoms with Crippen LogP contribution in [0.2, 0.25) is 5.02 Å². The van der Waals surface area contributed by atoms with Gasteiger partial charge in [0.25, 0.3) is 5.91 Å². The number of hydrogen-bond acceptors (Lipinski definition) is 2. The summed E-state index contributed by atoms with van der Waals surface area (Å²) in [7, 11) is 1.59. The van der Waals surface area contributed by atoms with Crippen molar-refractivity contribution in [1.29, 1.82) is 5.41 Å². The summed E-state index contributed by atoms with van der Waals surface area (Å²) in [5.41, 5.74) is 1.36. The van der Waals surface area contributed by atoms with Crippen molar-refractivity contribution in [2.24, 2.45) is 0 Å². The van der Waals surface area contributed by atoms with Gasteiger partial charge in [-0.2, -0.15) is 0 Å². The molecule has 0 aliphatic rings. The van der Waals surface area contributed by atoms with Gasteiger partial charge in [0.05, 0.1) is 10.6 Å². The highest BCUT2D eigenvalue weighted by Crippen LogP contribution is 2.20. The summed E-state index contributed by atoms with van der Waals surface area (Å²) in [6.45, 7) is 3.56. The Kier molecular flexibility index (Phi) is 7.72. The molecule has 0 fully saturated rings. The minimum atomic E-state index is -0.163. The van der Waals surface area contributed by atoms with Crippen LogP contribution in [0, 0.1) is 5.41 Å². The monoisotopic (exact) mass is 252 g/mol. The standard InChI is InChI=1S/C11H12ClNO.C2H5N/c1-3-5-8-6-4-7-9(12)10(8)11(14)13-2;1-2-3/h3-7H,1-2H3,(H,13,14);2-3H,1H3/b5-3+;. The summed E-state index contributed by atoms with van der Waals surface area (Å²) in [5.74, 6) is -0.163. The van der Waals surface area contributed by atoms with E-state index >= 15 is 0 Å². The van der Waals surface area contributed by atoms with E-state index in [2.05, 4.69) is 5.32 Å². The average Bonchev–Trinajstić information content (AvgIpc) is 2.30. The van der Waals surface area contributed by atoms with Crippen LogP contribution in [0.5, 0.6) is 0 Å². The van der Waals surface area contributed by atoms with E-state index in [1.54, 1.807) is 20.0 Å². The van der Waals surface area contributed by atoms with E-state index in [0.717, 1.165) is 5.56 Å². The maximum absolute atomic E-state index is 11.5. The number of carbonyl (C=O) groups excluding carboxylic acids is 1. The van der Waals surface area contributed by atoms with E-state index in [1.165, 1.54) is 6.21 Å². The summed E-state index contributed by atoms with van der Waals surface area (Å²) in [5, 5.41) is 9.12. The van der Waals surface area contributed by atoms with Gasteiger partial charge in [-0.15, -0.1) is 0 Å². The quantitative estimate of drug-likeness (QED) is 0.779. The Hall–Kier alpha value is -1.61. The average molecular weight is 253 g/mol. The molecule has 3 nitrogen and oxygen atoms in total. The Labute approximate surface area is 107 Å². The molecule has 0 bridgehead atoms. The highest BCUT2D eigenvalue weighted by Gasteiger charge is 2.11. The van der Waals surface area contributed by atoms with Crippen LogP contribution < -0.4 is 5.32 Å². The molecule has 0 radical (unpaired) electrons. The Bertz CT molecular complexity index is 414. The number of halogens is 1. The van der Waals surface area contributed by atoms with Gasteiger partial charge >= 0.3 is 0 Å². The predicted octanol–water partition coefficient (Wildman–Crippen LogP) is 3.39. The summed E-state index contributed by atoms with van der Waals surface area (Å²) < 4.78 is 0. The van der Waals surface area contributed by atoms with Crippen LogP contribution in [0.25, 0.3) is 6.08 Å². The molecule has 1 aromatic carbocycles. The SMILES string of the molecule is C/C=C/c1cccc(Cl)c1C(=O)NC.CC=N. The summed E-state index contributed by atoms with van der Waals surface area (Å²) in [6, 6.07) is 5.39. The fourth-order valence-corrected chi connectivity index (χ4v) is 1.49. The largest absolute Gasteiger partial charge is 0.355 e. The number of carbonyl (C=O) groups is 1. The van der Waals surface area contributed by atoms with Gasteiger partial charge in [-0.25, -0.2) is 0 Å². The van der Waals surface area contributed by atoms with Crippen LogP contribution in [0.1, 0.15) is 29.8 Å². The third kappa shape index (κ3) is 4.83. The lowest BCUT2D eigenvalue weighted by Crippen LogP contribution is -2.19. The molecule has 0 heterocycles. The third-order valence-electron chi connectivity index (χ3n) is 1.85. The number of amides is 1. The second-order valence-corrected chi connectivity index (χ2v) is 3.48. The van der Waals surface area contributed by atoms with Gasteiger partial charge in [0, 0.05) is 7.05 Å². The van der Waals surface area contributed by atoms with Crippen LogP contribution >= 0.6 is 11.6 Å². The fraction of sp³-hybridized carbons (Fsp3) is 0.231. The Morgan fingerprint density at radius 2 is 2.00 bits per heavy atom. The summed E-state index contributed by atoms with van der Waals surface area (Å²) in [6.07, 6.45) is 4.98. The molecular weight excluding hydrogens is 236 g/mol. The maximum Gasteiger partial charge on any atom is 0.253 e. The smallest absolute Gasteiger partial charge is 0.253 e. The zero-order valence-corrected chi connectivity index (χ0v) is 11.0. The first-order valence-electron chi connectivity index (χ1n) is 5.20. The van der Waals surface area contributed by atoms with Gasteiger partial charge in [0.1, 0.15) is 0 Å². The zero-order chi connectivity index (χ0) is 13.3. The third-order valence-corrected chi connectivity index (χ3v) is 2.16. The molecule has 0 atom stereocenters. The minimum Gasteiger partial charge on any atom is -0.355 e. The van der Waals surface area contributed by atoms with E-state index in [1.807, 2.05) is 31.2 Å². The number of nitrogens with one attached hydrogen (secondary N) is 2. The van der Waals surface area contributed by atoms with Crippen molar-refractivity contribution in [2.75, 3.05) is 7.05 Å². The fourth-order valence-electron chi connectivity index (χ4n) is 1.22. The van der Waals surface area contributed by atoms with E-state index in [4.69, 9.17) is 17.0 Å². The van der Waals surface area contributed by atoms with E-state index in [9.17, 15) is 4.79 Å². The molecule has 0 spiro atoms. The highest BCUT2D eigenvalue weighted by molar-refractivity contribution is 6.34. The molecule has 92 valence electrons. The van der Waals surface area contributed by atoms with Crippen LogP contribution in [0.3, 0.4) is 0 Å². The first-order valence-corrected chi connectivity index (χ1v) is 5.58. The molecule has 0 unspecified atom stereocenters. The van der Waals surface area contributed by atoms with Crippen molar-refractivity contribution >= 4 is 29.8 Å². The molecule has 1 aromatic rings. The van der Waals surface area contributed by atoms with Crippen LogP contribution in [-0.2, 0) is 0 Å². The molecule has 1 amide bonds. The van der Waals surface area contributed by atoms with Crippen molar-refractivity contribution < 1.29 is 4.79 Å². The number of hydrogen-bond donors (Lipinski definition) is 2. The van der Waals surface area contributed by atoms with Crippen molar-refractivity contribution in [1.82, 2.24) is 5.32 Å². The lowest BCUT2D eigenvalue weighted by Gasteiger charge is -2.06. The summed E-state index contributed by atoms with van der Waals surface area (Å²) in [4.78, 5) is 11.5. The molecule has 4 heteroatoms. The maximum atomic E-state index is 11.5. The summed E-state index contributed by atoms with van der Waals surface area (Å²) >= 11 is 5.94. The first kappa shape index (κ1) is 15.4. The lowest BCUT2D eigenvalue weighted by molar-refractivity contribution is 0.0963. The van der Waals surface area contributed by atoms with Crippen LogP contribution in [-0.4, -0.2) is 19.2 Å². The van der Waals surface area contributed by atoms with Gasteiger partial charge in [-0.1, -0.05) is 35.9 Å². The van der Waals surface area contributed by atoms with Crippen LogP contribution in [0.15, 0.2) is 24.3 Å². The molecule has 0 saturated heterocycles. The Morgan fingerprint density at radius 1 is 1.41 bits per heavy atom. The molecule has 0 saturated carbocycles. The molecule has 0 aliphatic carbocycles. The van der Waals surface area contributed by atoms with Crippen molar-refractivity contribution in [2.45, 2.75) is 13.8 Å². The number of benzene rings is 1. The van der Waals surface area contributed by atoms with Gasteiger partial charge in [0.2, 0.25) is 0 Å². The zero-order valence-electron chi connectivity index (χ0n) is 10.3. The van der Waals surface area contributed by atoms with Crippen LogP contribution in [0.4, 0.5) is 0 Å². The van der Waals surface area contributed by atoms with E-state index < -0.39 is 0 Å². The van der Waals surface area contributed by atoms with Crippen molar-refractivity contribution in [3.8, 4) is 0 Å². The molecule has 0 aromatic heterocycles. The number of allylic oxidation sites excluding steroid dienone is 1. The topological polar surface area (TPSA) is 53.0 Å². The molecular formula is C13H17ClN2O. The van der Waals surface area contributed by atoms with E-state index in [0.29, 0.717) is 10.6 Å². The molecule has 1 rings (SSSR count).